The summed E-state index contributed by atoms with van der Waals surface area (Å²) in [4.78, 5) is 103. The predicted molar refractivity (Wildman–Crippen MR) is 214 cm³/mol. The number of carbonyl (C=O) groups excluding carboxylic acids is 7. The Balaban J connectivity index is 2.28. The van der Waals surface area contributed by atoms with E-state index in [9.17, 15) is 48.6 Å². The molecule has 58 heavy (non-hydrogen) atoms. The molecule has 0 aliphatic heterocycles. The molecular weight excluding hydrogens is 752 g/mol. The van der Waals surface area contributed by atoms with Crippen molar-refractivity contribution in [3.8, 4) is 5.75 Å². The number of rotatable bonds is 21. The lowest BCUT2D eigenvalue weighted by atomic mass is 9.86. The summed E-state index contributed by atoms with van der Waals surface area (Å²) < 4.78 is 0. The number of carbonyl (C=O) groups is 8. The zero-order chi connectivity index (χ0) is 44.0. The summed E-state index contributed by atoms with van der Waals surface area (Å²) in [6, 6.07) is 3.84. The molecule has 0 aromatic heterocycles. The first-order chi connectivity index (χ1) is 27.0. The van der Waals surface area contributed by atoms with Crippen molar-refractivity contribution in [2.45, 2.75) is 110 Å². The minimum Gasteiger partial charge on any atom is -0.508 e. The van der Waals surface area contributed by atoms with Gasteiger partial charge in [0, 0.05) is 12.3 Å². The largest absolute Gasteiger partial charge is 0.508 e. The number of aliphatic carboxylic acids is 1. The van der Waals surface area contributed by atoms with E-state index in [0.717, 1.165) is 16.7 Å². The molecule has 18 heteroatoms. The normalized spacial score (nSPS) is 14.7. The third kappa shape index (κ3) is 14.5. The van der Waals surface area contributed by atoms with Crippen molar-refractivity contribution in [2.75, 3.05) is 6.54 Å². The minimum atomic E-state index is -1.72. The van der Waals surface area contributed by atoms with Gasteiger partial charge in [-0.2, -0.15) is 0 Å². The van der Waals surface area contributed by atoms with Crippen molar-refractivity contribution in [3.05, 3.63) is 64.7 Å². The predicted octanol–water partition coefficient (Wildman–Crippen LogP) is -0.485. The van der Waals surface area contributed by atoms with Crippen LogP contribution in [0, 0.1) is 25.7 Å². The van der Waals surface area contributed by atoms with E-state index >= 15 is 0 Å². The van der Waals surface area contributed by atoms with E-state index in [1.165, 1.54) is 6.92 Å². The van der Waals surface area contributed by atoms with Crippen LogP contribution >= 0.6 is 0 Å². The number of nitrogens with one attached hydrogen (secondary N) is 6. The molecule has 12 N–H and O–H groups in total. The van der Waals surface area contributed by atoms with Crippen LogP contribution in [0.5, 0.6) is 5.75 Å². The first kappa shape index (κ1) is 48.1. The number of hydrogen-bond donors (Lipinski definition) is 10. The fourth-order valence-corrected chi connectivity index (χ4v) is 6.31. The molecule has 0 aliphatic rings. The highest BCUT2D eigenvalue weighted by atomic mass is 16.4. The fourth-order valence-electron chi connectivity index (χ4n) is 6.31. The molecule has 0 spiro atoms. The number of phenols is 1. The highest BCUT2D eigenvalue weighted by molar-refractivity contribution is 5.98. The van der Waals surface area contributed by atoms with Crippen molar-refractivity contribution in [3.63, 3.8) is 0 Å². The number of phenolic OH excluding ortho intramolecular Hbond substituents is 1. The maximum atomic E-state index is 13.8. The van der Waals surface area contributed by atoms with Crippen LogP contribution in [0.3, 0.4) is 0 Å². The van der Waals surface area contributed by atoms with Gasteiger partial charge in [-0.1, -0.05) is 65.0 Å². The minimum absolute atomic E-state index is 0.0726. The summed E-state index contributed by atoms with van der Waals surface area (Å²) in [5, 5.41) is 34.5. The van der Waals surface area contributed by atoms with Crippen LogP contribution in [0.25, 0.3) is 0 Å². The monoisotopic (exact) mass is 810 g/mol. The van der Waals surface area contributed by atoms with Gasteiger partial charge in [0.1, 0.15) is 36.0 Å². The zero-order valence-electron chi connectivity index (χ0n) is 34.2. The Morgan fingerprint density at radius 1 is 0.655 bits per heavy atom. The molecule has 7 amide bonds. The maximum Gasteiger partial charge on any atom is 0.305 e. The van der Waals surface area contributed by atoms with Crippen molar-refractivity contribution in [1.29, 1.82) is 0 Å². The molecule has 0 aliphatic carbocycles. The number of carboxylic acids is 1. The Morgan fingerprint density at radius 3 is 1.67 bits per heavy atom. The number of aromatic hydroxyl groups is 1. The van der Waals surface area contributed by atoms with Gasteiger partial charge >= 0.3 is 5.97 Å². The Hall–Kier alpha value is -6.04. The van der Waals surface area contributed by atoms with E-state index in [-0.39, 0.29) is 12.2 Å². The van der Waals surface area contributed by atoms with Crippen LogP contribution in [-0.4, -0.2) is 100 Å². The molecule has 0 saturated heterocycles. The van der Waals surface area contributed by atoms with Gasteiger partial charge in [-0.05, 0) is 67.0 Å². The van der Waals surface area contributed by atoms with Gasteiger partial charge in [0.15, 0.2) is 0 Å². The molecule has 0 heterocycles. The zero-order valence-corrected chi connectivity index (χ0v) is 34.2. The second-order valence-corrected chi connectivity index (χ2v) is 15.1. The number of nitrogens with two attached hydrogens (primary N) is 2. The third-order valence-corrected chi connectivity index (χ3v) is 9.49. The molecule has 0 radical (unpaired) electrons. The third-order valence-electron chi connectivity index (χ3n) is 9.49. The van der Waals surface area contributed by atoms with E-state index < -0.39 is 114 Å². The topological polar surface area (TPSA) is 301 Å². The highest BCUT2D eigenvalue weighted by Crippen LogP contribution is 2.29. The van der Waals surface area contributed by atoms with Crippen LogP contribution in [-0.2, 0) is 44.8 Å². The first-order valence-corrected chi connectivity index (χ1v) is 18.9. The van der Waals surface area contributed by atoms with Gasteiger partial charge < -0.3 is 53.6 Å². The van der Waals surface area contributed by atoms with Crippen LogP contribution in [0.2, 0.25) is 0 Å². The molecule has 0 bridgehead atoms. The summed E-state index contributed by atoms with van der Waals surface area (Å²) in [6.07, 6.45) is -0.995. The number of carboxylic acid groups (broad SMARTS) is 1. The van der Waals surface area contributed by atoms with Crippen molar-refractivity contribution < 1.29 is 48.6 Å². The quantitative estimate of drug-likeness (QED) is 0.0768. The molecule has 0 unspecified atom stereocenters. The highest BCUT2D eigenvalue weighted by Gasteiger charge is 2.35. The van der Waals surface area contributed by atoms with Gasteiger partial charge in [0.25, 0.3) is 0 Å². The van der Waals surface area contributed by atoms with Crippen molar-refractivity contribution >= 4 is 47.3 Å². The lowest BCUT2D eigenvalue weighted by Crippen LogP contribution is -2.61. The number of primary amides is 1. The molecule has 2 aromatic carbocycles. The summed E-state index contributed by atoms with van der Waals surface area (Å²) in [5.74, 6) is -8.60. The molecule has 0 fully saturated rings. The van der Waals surface area contributed by atoms with E-state index in [2.05, 4.69) is 31.9 Å². The molecular formula is C40H58N8O10. The van der Waals surface area contributed by atoms with Gasteiger partial charge in [0.05, 0.1) is 19.0 Å². The Kier molecular flexibility index (Phi) is 18.3. The lowest BCUT2D eigenvalue weighted by Gasteiger charge is -2.29. The van der Waals surface area contributed by atoms with Gasteiger partial charge in [-0.15, -0.1) is 0 Å². The van der Waals surface area contributed by atoms with E-state index in [0.29, 0.717) is 5.56 Å². The van der Waals surface area contributed by atoms with Gasteiger partial charge in [-0.3, -0.25) is 38.4 Å². The van der Waals surface area contributed by atoms with E-state index in [4.69, 9.17) is 11.5 Å². The van der Waals surface area contributed by atoms with Crippen LogP contribution < -0.4 is 43.4 Å². The maximum absolute atomic E-state index is 13.8. The van der Waals surface area contributed by atoms with Gasteiger partial charge in [0.2, 0.25) is 41.4 Å². The second-order valence-electron chi connectivity index (χ2n) is 15.1. The van der Waals surface area contributed by atoms with Crippen molar-refractivity contribution in [1.82, 2.24) is 31.9 Å². The average Bonchev–Trinajstić information content (AvgIpc) is 3.13. The Labute approximate surface area is 338 Å². The van der Waals surface area contributed by atoms with Crippen LogP contribution in [0.15, 0.2) is 42.5 Å². The Morgan fingerprint density at radius 2 is 1.16 bits per heavy atom. The SMILES string of the molecule is Cc1cc(O)cc(C)c1[C@H](C)[C@@H](N)C(=O)N[C@H](C)C(=O)N[C@@H](Cc1ccccc1)C(=O)N[C@@H](CC(=O)O)C(=O)N[C@H](C(=O)N[C@H](C(=O)NCC(N)=O)C(C)C)C(C)C. The molecule has 18 nitrogen and oxygen atoms in total. The summed E-state index contributed by atoms with van der Waals surface area (Å²) in [6.45, 7) is 12.7. The van der Waals surface area contributed by atoms with Gasteiger partial charge in [-0.25, -0.2) is 0 Å². The summed E-state index contributed by atoms with van der Waals surface area (Å²) in [5.41, 5.74) is 14.3. The molecule has 318 valence electrons. The lowest BCUT2D eigenvalue weighted by molar-refractivity contribution is -0.141. The number of aryl methyl sites for hydroxylation is 2. The van der Waals surface area contributed by atoms with Crippen LogP contribution in [0.4, 0.5) is 0 Å². The Bertz CT molecular complexity index is 1800. The standard InChI is InChI=1S/C40H58N8O10/c1-19(2)33(39(57)43-18-29(41)50)48-40(58)34(20(3)4)47-37(55)28(17-30(51)52)46-36(54)27(16-25-12-10-9-11-13-25)45-35(53)24(8)44-38(56)32(42)23(7)31-21(5)14-26(49)15-22(31)6/h9-15,19-20,23-24,27-28,32-34,49H,16-18,42H2,1-8H3,(H2,41,50)(H,43,57)(H,44,56)(H,45,53)(H,46,54)(H,47,55)(H,48,58)(H,51,52)/t23-,24+,27-,28-,32+,33-,34-/m0/s1. The smallest absolute Gasteiger partial charge is 0.305 e. The molecule has 2 aromatic rings. The molecule has 7 atom stereocenters. The summed E-state index contributed by atoms with van der Waals surface area (Å²) >= 11 is 0. The molecule has 0 saturated carbocycles. The average molecular weight is 811 g/mol. The summed E-state index contributed by atoms with van der Waals surface area (Å²) in [7, 11) is 0. The van der Waals surface area contributed by atoms with E-state index in [1.807, 2.05) is 0 Å². The second kappa shape index (κ2) is 22.0. The van der Waals surface area contributed by atoms with Crippen molar-refractivity contribution in [2.24, 2.45) is 23.3 Å². The fraction of sp³-hybridized carbons (Fsp3) is 0.500. The number of benzene rings is 2. The number of hydrogen-bond acceptors (Lipinski definition) is 10. The van der Waals surface area contributed by atoms with Crippen LogP contribution in [0.1, 0.15) is 76.1 Å². The first-order valence-electron chi connectivity index (χ1n) is 18.9. The molecule has 2 rings (SSSR count). The number of amides is 7. The van der Waals surface area contributed by atoms with E-state index in [1.54, 1.807) is 90.9 Å².